The maximum absolute atomic E-state index is 5.73. The van der Waals surface area contributed by atoms with Crippen LogP contribution in [0, 0.1) is 0 Å². The Morgan fingerprint density at radius 3 is 3.06 bits per heavy atom. The topological polar surface area (TPSA) is 82.5 Å². The molecule has 6 nitrogen and oxygen atoms in total. The van der Waals surface area contributed by atoms with Crippen LogP contribution in [0.25, 0.3) is 10.2 Å². The summed E-state index contributed by atoms with van der Waals surface area (Å²) < 4.78 is 3.59. The van der Waals surface area contributed by atoms with Gasteiger partial charge in [-0.25, -0.2) is 9.67 Å². The zero-order valence-corrected chi connectivity index (χ0v) is 10.5. The van der Waals surface area contributed by atoms with Crippen LogP contribution in [-0.4, -0.2) is 25.2 Å². The lowest BCUT2D eigenvalue weighted by atomic mass is 10.3. The van der Waals surface area contributed by atoms with Crippen LogP contribution in [0.4, 0.5) is 5.69 Å². The number of nitrogens with zero attached hydrogens (tertiary/aromatic N) is 5. The van der Waals surface area contributed by atoms with E-state index in [9.17, 15) is 0 Å². The molecule has 0 amide bonds. The van der Waals surface area contributed by atoms with Gasteiger partial charge in [0.15, 0.2) is 4.34 Å². The summed E-state index contributed by atoms with van der Waals surface area (Å²) in [5.74, 6) is 0. The number of anilines is 1. The van der Waals surface area contributed by atoms with Crippen molar-refractivity contribution in [1.29, 1.82) is 0 Å². The predicted molar refractivity (Wildman–Crippen MR) is 67.0 cm³/mol. The van der Waals surface area contributed by atoms with Crippen molar-refractivity contribution in [2.24, 2.45) is 7.05 Å². The van der Waals surface area contributed by atoms with Crippen LogP contribution in [0.3, 0.4) is 0 Å². The summed E-state index contributed by atoms with van der Waals surface area (Å²) in [4.78, 5) is 4.49. The molecule has 0 unspecified atom stereocenters. The number of aromatic nitrogens is 5. The van der Waals surface area contributed by atoms with Gasteiger partial charge in [0.1, 0.15) is 0 Å². The van der Waals surface area contributed by atoms with Crippen molar-refractivity contribution < 1.29 is 0 Å². The highest BCUT2D eigenvalue weighted by atomic mass is 32.2. The molecule has 1 aromatic carbocycles. The van der Waals surface area contributed by atoms with Crippen molar-refractivity contribution in [2.45, 2.75) is 9.50 Å². The van der Waals surface area contributed by atoms with Gasteiger partial charge >= 0.3 is 0 Å². The summed E-state index contributed by atoms with van der Waals surface area (Å²) in [6.45, 7) is 0. The van der Waals surface area contributed by atoms with E-state index in [1.165, 1.54) is 11.8 Å². The number of fused-ring (bicyclic) bond motifs is 1. The Balaban J connectivity index is 1.99. The Hall–Kier alpha value is -1.67. The molecule has 0 aliphatic rings. The fraction of sp³-hybridized carbons (Fsp3) is 0.111. The second-order valence-corrected chi connectivity index (χ2v) is 5.64. The van der Waals surface area contributed by atoms with Gasteiger partial charge in [0.25, 0.3) is 0 Å². The third-order valence-corrected chi connectivity index (χ3v) is 4.26. The summed E-state index contributed by atoms with van der Waals surface area (Å²) in [5, 5.41) is 12.0. The minimum atomic E-state index is 0.719. The minimum Gasteiger partial charge on any atom is -0.399 e. The largest absolute Gasteiger partial charge is 0.399 e. The molecule has 17 heavy (non-hydrogen) atoms. The van der Waals surface area contributed by atoms with Gasteiger partial charge in [-0.3, -0.25) is 0 Å². The average Bonchev–Trinajstić information content (AvgIpc) is 2.85. The molecule has 0 radical (unpaired) electrons. The molecule has 0 saturated heterocycles. The van der Waals surface area contributed by atoms with E-state index in [-0.39, 0.29) is 0 Å². The highest BCUT2D eigenvalue weighted by Crippen LogP contribution is 2.33. The second-order valence-electron chi connectivity index (χ2n) is 3.39. The third kappa shape index (κ3) is 1.96. The van der Waals surface area contributed by atoms with Crippen LogP contribution in [0.5, 0.6) is 0 Å². The van der Waals surface area contributed by atoms with Crippen molar-refractivity contribution in [2.75, 3.05) is 5.73 Å². The lowest BCUT2D eigenvalue weighted by Gasteiger charge is -1.92. The zero-order valence-electron chi connectivity index (χ0n) is 8.86. The van der Waals surface area contributed by atoms with Crippen LogP contribution >= 0.6 is 23.1 Å². The van der Waals surface area contributed by atoms with Crippen molar-refractivity contribution in [1.82, 2.24) is 25.2 Å². The van der Waals surface area contributed by atoms with Gasteiger partial charge in [-0.2, -0.15) is 0 Å². The number of rotatable bonds is 2. The molecule has 0 atom stereocenters. The van der Waals surface area contributed by atoms with Gasteiger partial charge in [-0.15, -0.1) is 16.4 Å². The summed E-state index contributed by atoms with van der Waals surface area (Å²) >= 11 is 3.03. The molecule has 0 saturated carbocycles. The molecule has 0 spiro atoms. The Labute approximate surface area is 105 Å². The molecule has 2 N–H and O–H groups in total. The van der Waals surface area contributed by atoms with E-state index >= 15 is 0 Å². The molecule has 0 aliphatic heterocycles. The number of nitrogens with two attached hydrogens (primary N) is 1. The van der Waals surface area contributed by atoms with E-state index in [4.69, 9.17) is 5.73 Å². The van der Waals surface area contributed by atoms with Gasteiger partial charge in [-0.1, -0.05) is 0 Å². The minimum absolute atomic E-state index is 0.719. The van der Waals surface area contributed by atoms with Crippen molar-refractivity contribution in [3.05, 3.63) is 18.2 Å². The number of hydrogen-bond acceptors (Lipinski definition) is 7. The van der Waals surface area contributed by atoms with E-state index in [1.807, 2.05) is 18.2 Å². The third-order valence-electron chi connectivity index (χ3n) is 2.15. The smallest absolute Gasteiger partial charge is 0.216 e. The number of thiazole rings is 1. The first-order valence-electron chi connectivity index (χ1n) is 4.78. The Bertz CT molecular complexity index is 673. The highest BCUT2D eigenvalue weighted by Gasteiger charge is 2.09. The molecule has 86 valence electrons. The summed E-state index contributed by atoms with van der Waals surface area (Å²) in [6, 6.07) is 5.69. The fourth-order valence-electron chi connectivity index (χ4n) is 1.35. The highest BCUT2D eigenvalue weighted by molar-refractivity contribution is 8.01. The first kappa shape index (κ1) is 10.5. The lowest BCUT2D eigenvalue weighted by molar-refractivity contribution is 0.664. The van der Waals surface area contributed by atoms with Crippen LogP contribution in [0.15, 0.2) is 27.7 Å². The maximum atomic E-state index is 5.73. The number of hydrogen-bond donors (Lipinski definition) is 1. The van der Waals surface area contributed by atoms with Crippen LogP contribution in [0.1, 0.15) is 0 Å². The average molecular weight is 264 g/mol. The van der Waals surface area contributed by atoms with Crippen LogP contribution in [-0.2, 0) is 7.05 Å². The van der Waals surface area contributed by atoms with E-state index in [0.717, 1.165) is 25.4 Å². The fourth-order valence-corrected chi connectivity index (χ4v) is 3.30. The second kappa shape index (κ2) is 3.97. The van der Waals surface area contributed by atoms with Crippen molar-refractivity contribution >= 4 is 39.0 Å². The molecule has 0 aliphatic carbocycles. The molecule has 0 fully saturated rings. The van der Waals surface area contributed by atoms with Gasteiger partial charge in [0.05, 0.1) is 10.2 Å². The first-order chi connectivity index (χ1) is 8.22. The van der Waals surface area contributed by atoms with Crippen LogP contribution < -0.4 is 5.73 Å². The normalized spacial score (nSPS) is 11.1. The maximum Gasteiger partial charge on any atom is 0.216 e. The molecule has 2 heterocycles. The Morgan fingerprint density at radius 2 is 2.29 bits per heavy atom. The molecule has 8 heteroatoms. The number of benzene rings is 1. The predicted octanol–water partition coefficient (Wildman–Crippen LogP) is 1.55. The molecular formula is C9H8N6S2. The molecule has 3 aromatic rings. The van der Waals surface area contributed by atoms with Crippen LogP contribution in [0.2, 0.25) is 0 Å². The monoisotopic (exact) mass is 264 g/mol. The van der Waals surface area contributed by atoms with E-state index < -0.39 is 0 Å². The zero-order chi connectivity index (χ0) is 11.8. The molecular weight excluding hydrogens is 256 g/mol. The molecule has 0 bridgehead atoms. The standard InChI is InChI=1S/C9H8N6S2/c1-15-8(12-13-14-15)17-9-11-6-3-2-5(10)4-7(6)16-9/h2-4H,10H2,1H3. The van der Waals surface area contributed by atoms with Crippen molar-refractivity contribution in [3.8, 4) is 0 Å². The molecule has 3 rings (SSSR count). The summed E-state index contributed by atoms with van der Waals surface area (Å²) in [6.07, 6.45) is 0. The number of aryl methyl sites for hydroxylation is 1. The van der Waals surface area contributed by atoms with Gasteiger partial charge in [0.2, 0.25) is 5.16 Å². The lowest BCUT2D eigenvalue weighted by Crippen LogP contribution is -1.92. The molecule has 2 aromatic heterocycles. The Morgan fingerprint density at radius 1 is 1.41 bits per heavy atom. The number of tetrazole rings is 1. The summed E-state index contributed by atoms with van der Waals surface area (Å²) in [7, 11) is 1.80. The quantitative estimate of drug-likeness (QED) is 0.707. The Kier molecular flexibility index (Phi) is 2.45. The number of nitrogen functional groups attached to an aromatic ring is 1. The SMILES string of the molecule is Cn1nnnc1Sc1nc2ccc(N)cc2s1. The van der Waals surface area contributed by atoms with E-state index in [2.05, 4.69) is 20.5 Å². The van der Waals surface area contributed by atoms with Crippen molar-refractivity contribution in [3.63, 3.8) is 0 Å². The van der Waals surface area contributed by atoms with Gasteiger partial charge in [-0.05, 0) is 40.4 Å². The van der Waals surface area contributed by atoms with Gasteiger partial charge < -0.3 is 5.73 Å². The van der Waals surface area contributed by atoms with E-state index in [1.54, 1.807) is 23.1 Å². The van der Waals surface area contributed by atoms with E-state index in [0.29, 0.717) is 0 Å². The van der Waals surface area contributed by atoms with Gasteiger partial charge in [0, 0.05) is 12.7 Å². The first-order valence-corrected chi connectivity index (χ1v) is 6.42. The summed E-state index contributed by atoms with van der Waals surface area (Å²) in [5.41, 5.74) is 7.42.